The molecule has 0 atom stereocenters. The van der Waals surface area contributed by atoms with E-state index in [2.05, 4.69) is 59.5 Å². The second kappa shape index (κ2) is 8.41. The number of para-hydroxylation sites is 4. The summed E-state index contributed by atoms with van der Waals surface area (Å²) in [4.78, 5) is 12.4. The normalized spacial score (nSPS) is 12.5. The lowest BCUT2D eigenvalue weighted by Crippen LogP contribution is -2.15. The Balaban J connectivity index is 1.32. The van der Waals surface area contributed by atoms with Crippen LogP contribution in [-0.2, 0) is 0 Å². The minimum Gasteiger partial charge on any atom is -0.453 e. The Hall–Kier alpha value is -5.68. The number of hydrogen-bond acceptors (Lipinski definition) is 5. The molecule has 1 aliphatic rings. The fourth-order valence-electron chi connectivity index (χ4n) is 5.99. The second-order valence-electron chi connectivity index (χ2n) is 10.2. The molecule has 0 spiro atoms. The van der Waals surface area contributed by atoms with Crippen molar-refractivity contribution in [3.8, 4) is 22.8 Å². The van der Waals surface area contributed by atoms with Crippen LogP contribution in [0.5, 0.6) is 11.5 Å². The Bertz CT molecular complexity index is 2260. The molecule has 5 nitrogen and oxygen atoms in total. The van der Waals surface area contributed by atoms with E-state index in [1.165, 1.54) is 0 Å². The van der Waals surface area contributed by atoms with Crippen molar-refractivity contribution in [1.82, 2.24) is 9.97 Å². The van der Waals surface area contributed by atoms with Gasteiger partial charge in [0, 0.05) is 28.1 Å². The van der Waals surface area contributed by atoms with E-state index in [0.717, 1.165) is 78.0 Å². The van der Waals surface area contributed by atoms with Gasteiger partial charge >= 0.3 is 0 Å². The van der Waals surface area contributed by atoms with Crippen LogP contribution in [0.2, 0.25) is 0 Å². The number of benzene rings is 6. The standard InChI is InChI=1S/C36H21N3O2/c1-2-10-22(11-3-1)33-21-28-36(41-33)38-35-25-13-5-4-12-24(25)27-20-23(18-19-26(27)34(35)37-28)39-29-14-6-8-16-31(29)40-32-17-9-7-15-30(32)39/h1-21H. The summed E-state index contributed by atoms with van der Waals surface area (Å²) in [6.07, 6.45) is 0. The molecule has 2 aromatic heterocycles. The summed E-state index contributed by atoms with van der Waals surface area (Å²) >= 11 is 0. The highest BCUT2D eigenvalue weighted by molar-refractivity contribution is 6.24. The maximum atomic E-state index is 6.25. The van der Waals surface area contributed by atoms with Gasteiger partial charge in [-0.1, -0.05) is 84.9 Å². The zero-order valence-electron chi connectivity index (χ0n) is 21.8. The van der Waals surface area contributed by atoms with Crippen LogP contribution in [0.25, 0.3) is 55.1 Å². The molecule has 3 heterocycles. The Morgan fingerprint density at radius 3 is 1.93 bits per heavy atom. The third-order valence-corrected chi connectivity index (χ3v) is 7.84. The van der Waals surface area contributed by atoms with Gasteiger partial charge in [-0.2, -0.15) is 0 Å². The lowest BCUT2D eigenvalue weighted by Gasteiger charge is -2.33. The number of ether oxygens (including phenoxy) is 1. The van der Waals surface area contributed by atoms with Gasteiger partial charge in [0.15, 0.2) is 11.5 Å². The second-order valence-corrected chi connectivity index (χ2v) is 10.2. The van der Waals surface area contributed by atoms with Crippen LogP contribution in [0.15, 0.2) is 132 Å². The van der Waals surface area contributed by atoms with E-state index >= 15 is 0 Å². The molecule has 0 amide bonds. The van der Waals surface area contributed by atoms with Gasteiger partial charge in [0.2, 0.25) is 5.71 Å². The monoisotopic (exact) mass is 527 g/mol. The molecule has 41 heavy (non-hydrogen) atoms. The van der Waals surface area contributed by atoms with Crippen LogP contribution < -0.4 is 9.64 Å². The molecule has 5 heteroatoms. The highest BCUT2D eigenvalue weighted by Crippen LogP contribution is 2.51. The van der Waals surface area contributed by atoms with Crippen molar-refractivity contribution >= 4 is 60.9 Å². The van der Waals surface area contributed by atoms with Gasteiger partial charge in [-0.15, -0.1) is 0 Å². The molecule has 0 saturated heterocycles. The minimum atomic E-state index is 0.541. The van der Waals surface area contributed by atoms with Crippen molar-refractivity contribution in [3.63, 3.8) is 0 Å². The van der Waals surface area contributed by atoms with Gasteiger partial charge in [-0.05, 0) is 47.2 Å². The summed E-state index contributed by atoms with van der Waals surface area (Å²) in [5.74, 6) is 2.42. The number of nitrogens with zero attached hydrogens (tertiary/aromatic N) is 3. The summed E-state index contributed by atoms with van der Waals surface area (Å²) in [6, 6.07) is 43.3. The maximum Gasteiger partial charge on any atom is 0.246 e. The third-order valence-electron chi connectivity index (χ3n) is 7.84. The van der Waals surface area contributed by atoms with Gasteiger partial charge in [0.25, 0.3) is 0 Å². The zero-order valence-corrected chi connectivity index (χ0v) is 21.8. The molecule has 1 aliphatic heterocycles. The van der Waals surface area contributed by atoms with Crippen molar-refractivity contribution in [2.24, 2.45) is 0 Å². The first-order valence-corrected chi connectivity index (χ1v) is 13.6. The molecule has 9 rings (SSSR count). The van der Waals surface area contributed by atoms with E-state index in [9.17, 15) is 0 Å². The summed E-state index contributed by atoms with van der Waals surface area (Å²) < 4.78 is 12.4. The molecule has 0 fully saturated rings. The van der Waals surface area contributed by atoms with Crippen molar-refractivity contribution in [2.45, 2.75) is 0 Å². The Labute approximate surface area is 234 Å². The molecule has 192 valence electrons. The molecular formula is C36H21N3O2. The Morgan fingerprint density at radius 2 is 1.15 bits per heavy atom. The lowest BCUT2D eigenvalue weighted by molar-refractivity contribution is 0.477. The van der Waals surface area contributed by atoms with E-state index in [1.54, 1.807) is 0 Å². The quantitative estimate of drug-likeness (QED) is 0.209. The number of anilines is 3. The molecular weight excluding hydrogens is 506 g/mol. The molecule has 0 unspecified atom stereocenters. The number of rotatable bonds is 2. The molecule has 0 aliphatic carbocycles. The van der Waals surface area contributed by atoms with Crippen LogP contribution >= 0.6 is 0 Å². The number of fused-ring (bicyclic) bond motifs is 9. The van der Waals surface area contributed by atoms with E-state index < -0.39 is 0 Å². The van der Waals surface area contributed by atoms with E-state index in [-0.39, 0.29) is 0 Å². The van der Waals surface area contributed by atoms with Crippen LogP contribution in [0, 0.1) is 0 Å². The smallest absolute Gasteiger partial charge is 0.246 e. The summed E-state index contributed by atoms with van der Waals surface area (Å²) in [5.41, 5.74) is 7.04. The summed E-state index contributed by atoms with van der Waals surface area (Å²) in [5, 5.41) is 4.33. The summed E-state index contributed by atoms with van der Waals surface area (Å²) in [7, 11) is 0. The SMILES string of the molecule is c1ccc(-c2cc3nc4c5ccc(N6c7ccccc7Oc7ccccc76)cc5c5ccccc5c4nc3o2)cc1. The Morgan fingerprint density at radius 1 is 0.512 bits per heavy atom. The third kappa shape index (κ3) is 3.29. The minimum absolute atomic E-state index is 0.541. The average molecular weight is 528 g/mol. The van der Waals surface area contributed by atoms with E-state index in [1.807, 2.05) is 72.8 Å². The highest BCUT2D eigenvalue weighted by atomic mass is 16.5. The molecule has 6 aromatic carbocycles. The van der Waals surface area contributed by atoms with Gasteiger partial charge in [0.1, 0.15) is 16.8 Å². The largest absolute Gasteiger partial charge is 0.453 e. The number of furan rings is 1. The summed E-state index contributed by atoms with van der Waals surface area (Å²) in [6.45, 7) is 0. The van der Waals surface area contributed by atoms with Gasteiger partial charge in [-0.3, -0.25) is 0 Å². The molecule has 0 bridgehead atoms. The highest BCUT2D eigenvalue weighted by Gasteiger charge is 2.26. The lowest BCUT2D eigenvalue weighted by atomic mass is 9.98. The van der Waals surface area contributed by atoms with Crippen molar-refractivity contribution in [3.05, 3.63) is 127 Å². The first-order chi connectivity index (χ1) is 20.3. The fourth-order valence-corrected chi connectivity index (χ4v) is 5.99. The van der Waals surface area contributed by atoms with Gasteiger partial charge in [-0.25, -0.2) is 9.97 Å². The number of aromatic nitrogens is 2. The van der Waals surface area contributed by atoms with Crippen LogP contribution in [0.4, 0.5) is 17.1 Å². The predicted octanol–water partition coefficient (Wildman–Crippen LogP) is 9.92. The van der Waals surface area contributed by atoms with Crippen LogP contribution in [0.3, 0.4) is 0 Å². The van der Waals surface area contributed by atoms with Crippen LogP contribution in [-0.4, -0.2) is 9.97 Å². The fraction of sp³-hybridized carbons (Fsp3) is 0. The average Bonchev–Trinajstić information content (AvgIpc) is 3.46. The van der Waals surface area contributed by atoms with E-state index in [0.29, 0.717) is 5.71 Å². The first-order valence-electron chi connectivity index (χ1n) is 13.6. The van der Waals surface area contributed by atoms with Crippen molar-refractivity contribution < 1.29 is 9.15 Å². The van der Waals surface area contributed by atoms with Crippen molar-refractivity contribution in [1.29, 1.82) is 0 Å². The van der Waals surface area contributed by atoms with Gasteiger partial charge in [0.05, 0.1) is 16.9 Å². The maximum absolute atomic E-state index is 6.25. The van der Waals surface area contributed by atoms with E-state index in [4.69, 9.17) is 19.1 Å². The number of hydrogen-bond donors (Lipinski definition) is 0. The van der Waals surface area contributed by atoms with Gasteiger partial charge < -0.3 is 14.1 Å². The topological polar surface area (TPSA) is 51.4 Å². The molecule has 0 N–H and O–H groups in total. The molecule has 0 saturated carbocycles. The molecule has 0 radical (unpaired) electrons. The zero-order chi connectivity index (χ0) is 26.9. The molecule has 8 aromatic rings. The Kier molecular flexibility index (Phi) is 4.55. The van der Waals surface area contributed by atoms with Crippen LogP contribution in [0.1, 0.15) is 0 Å². The van der Waals surface area contributed by atoms with Crippen molar-refractivity contribution in [2.75, 3.05) is 4.90 Å². The first kappa shape index (κ1) is 22.2. The predicted molar refractivity (Wildman–Crippen MR) is 165 cm³/mol.